The molecule has 0 aliphatic heterocycles. The maximum absolute atomic E-state index is 6.16. The van der Waals surface area contributed by atoms with Gasteiger partial charge in [-0.3, -0.25) is 0 Å². The fraction of sp³-hybridized carbons (Fsp3) is 0.333. The predicted molar refractivity (Wildman–Crippen MR) is 98.8 cm³/mol. The van der Waals surface area contributed by atoms with E-state index in [0.29, 0.717) is 5.92 Å². The number of nitrogens with one attached hydrogen (secondary N) is 1. The lowest BCUT2D eigenvalue weighted by molar-refractivity contribution is 0.419. The number of nitrogens with zero attached hydrogens (tertiary/aromatic N) is 3. The van der Waals surface area contributed by atoms with Crippen LogP contribution in [0.4, 0.5) is 5.82 Å². The Kier molecular flexibility index (Phi) is 4.17. The Bertz CT molecular complexity index is 929. The van der Waals surface area contributed by atoms with Gasteiger partial charge in [-0.25, -0.2) is 4.52 Å². The molecule has 24 heavy (non-hydrogen) atoms. The number of halogens is 1. The molecule has 1 aliphatic carbocycles. The van der Waals surface area contributed by atoms with E-state index in [0.717, 1.165) is 23.6 Å². The fourth-order valence-corrected chi connectivity index (χ4v) is 3.84. The van der Waals surface area contributed by atoms with Crippen LogP contribution in [0.2, 0.25) is 5.28 Å². The topological polar surface area (TPSA) is 42.2 Å². The zero-order valence-electron chi connectivity index (χ0n) is 13.3. The van der Waals surface area contributed by atoms with Crippen LogP contribution in [0.1, 0.15) is 48.2 Å². The first-order valence-corrected chi connectivity index (χ1v) is 9.30. The van der Waals surface area contributed by atoms with Crippen LogP contribution >= 0.6 is 22.9 Å². The van der Waals surface area contributed by atoms with Gasteiger partial charge in [0.05, 0.1) is 6.54 Å². The molecule has 6 heteroatoms. The summed E-state index contributed by atoms with van der Waals surface area (Å²) in [6.07, 6.45) is 3.72. The summed E-state index contributed by atoms with van der Waals surface area (Å²) in [7, 11) is 0. The molecule has 1 saturated carbocycles. The van der Waals surface area contributed by atoms with Crippen molar-refractivity contribution in [2.24, 2.45) is 0 Å². The standard InChI is InChI=1S/C18H17ClN4S/c1-2-5-15-14(12-6-3-7-12)10-16-17(21-18(19)22-23(15)16)20-11-13-8-4-9-24-13/h4,8-10,12H,3,6-7,11H2,1H3,(H,20,21,22). The fourth-order valence-electron chi connectivity index (χ4n) is 3.03. The van der Waals surface area contributed by atoms with Gasteiger partial charge < -0.3 is 5.32 Å². The number of fused-ring (bicyclic) bond motifs is 1. The minimum atomic E-state index is 0.228. The molecular weight excluding hydrogens is 340 g/mol. The molecule has 4 nitrogen and oxygen atoms in total. The Morgan fingerprint density at radius 3 is 3.00 bits per heavy atom. The monoisotopic (exact) mass is 356 g/mol. The van der Waals surface area contributed by atoms with E-state index in [1.165, 1.54) is 29.7 Å². The highest BCUT2D eigenvalue weighted by molar-refractivity contribution is 7.09. The zero-order valence-corrected chi connectivity index (χ0v) is 14.9. The summed E-state index contributed by atoms with van der Waals surface area (Å²) < 4.78 is 1.84. The second kappa shape index (κ2) is 6.46. The summed E-state index contributed by atoms with van der Waals surface area (Å²) in [6, 6.07) is 6.32. The van der Waals surface area contributed by atoms with E-state index in [2.05, 4.69) is 44.8 Å². The van der Waals surface area contributed by atoms with Crippen molar-refractivity contribution in [3.05, 3.63) is 45.0 Å². The van der Waals surface area contributed by atoms with Gasteiger partial charge >= 0.3 is 0 Å². The van der Waals surface area contributed by atoms with Crippen molar-refractivity contribution in [1.29, 1.82) is 0 Å². The lowest BCUT2D eigenvalue weighted by Crippen LogP contribution is -2.10. The predicted octanol–water partition coefficient (Wildman–Crippen LogP) is 4.70. The summed E-state index contributed by atoms with van der Waals surface area (Å²) in [6.45, 7) is 2.57. The lowest BCUT2D eigenvalue weighted by Gasteiger charge is -2.24. The van der Waals surface area contributed by atoms with Crippen molar-refractivity contribution >= 4 is 34.3 Å². The van der Waals surface area contributed by atoms with Crippen LogP contribution in [-0.2, 0) is 6.54 Å². The quantitative estimate of drug-likeness (QED) is 0.689. The van der Waals surface area contributed by atoms with E-state index in [1.54, 1.807) is 11.3 Å². The van der Waals surface area contributed by atoms with Crippen LogP contribution in [0, 0.1) is 11.8 Å². The van der Waals surface area contributed by atoms with Crippen LogP contribution in [0.15, 0.2) is 23.6 Å². The van der Waals surface area contributed by atoms with E-state index in [1.807, 2.05) is 17.5 Å². The number of hydrogen-bond donors (Lipinski definition) is 1. The highest BCUT2D eigenvalue weighted by Gasteiger charge is 2.26. The van der Waals surface area contributed by atoms with Gasteiger partial charge in [-0.15, -0.1) is 16.4 Å². The first-order valence-electron chi connectivity index (χ1n) is 8.04. The Morgan fingerprint density at radius 1 is 1.46 bits per heavy atom. The van der Waals surface area contributed by atoms with E-state index in [9.17, 15) is 0 Å². The Morgan fingerprint density at radius 2 is 2.33 bits per heavy atom. The van der Waals surface area contributed by atoms with E-state index in [4.69, 9.17) is 11.6 Å². The second-order valence-corrected chi connectivity index (χ2v) is 7.28. The largest absolute Gasteiger partial charge is 0.363 e. The molecular formula is C18H17ClN4S. The van der Waals surface area contributed by atoms with Gasteiger partial charge in [0.25, 0.3) is 0 Å². The van der Waals surface area contributed by atoms with Crippen LogP contribution in [0.25, 0.3) is 5.52 Å². The average molecular weight is 357 g/mol. The number of rotatable bonds is 4. The van der Waals surface area contributed by atoms with Gasteiger partial charge in [0.1, 0.15) is 11.2 Å². The average Bonchev–Trinajstić information content (AvgIpc) is 3.13. The van der Waals surface area contributed by atoms with Gasteiger partial charge in [-0.05, 0) is 66.3 Å². The highest BCUT2D eigenvalue weighted by atomic mass is 35.5. The molecule has 0 spiro atoms. The second-order valence-electron chi connectivity index (χ2n) is 5.91. The Balaban J connectivity index is 1.79. The minimum absolute atomic E-state index is 0.228. The van der Waals surface area contributed by atoms with Crippen molar-refractivity contribution in [3.63, 3.8) is 0 Å². The molecule has 0 amide bonds. The first kappa shape index (κ1) is 15.5. The number of anilines is 1. The normalized spacial score (nSPS) is 14.2. The van der Waals surface area contributed by atoms with Crippen LogP contribution in [0.5, 0.6) is 0 Å². The maximum atomic E-state index is 6.16. The smallest absolute Gasteiger partial charge is 0.243 e. The zero-order chi connectivity index (χ0) is 16.5. The molecule has 0 bridgehead atoms. The van der Waals surface area contributed by atoms with Crippen LogP contribution in [-0.4, -0.2) is 14.6 Å². The number of thiophene rings is 1. The third-order valence-electron chi connectivity index (χ3n) is 4.43. The molecule has 1 fully saturated rings. The molecule has 3 heterocycles. The van der Waals surface area contributed by atoms with Crippen molar-refractivity contribution in [3.8, 4) is 11.8 Å². The lowest BCUT2D eigenvalue weighted by atomic mass is 9.80. The summed E-state index contributed by atoms with van der Waals surface area (Å²) in [5, 5.41) is 10.1. The molecule has 0 unspecified atom stereocenters. The molecule has 122 valence electrons. The van der Waals surface area contributed by atoms with Crippen molar-refractivity contribution in [2.75, 3.05) is 5.32 Å². The summed E-state index contributed by atoms with van der Waals surface area (Å²) >= 11 is 7.88. The number of aromatic nitrogens is 3. The van der Waals surface area contributed by atoms with Gasteiger partial charge in [0.15, 0.2) is 5.82 Å². The molecule has 0 radical (unpaired) electrons. The molecule has 1 N–H and O–H groups in total. The van der Waals surface area contributed by atoms with E-state index in [-0.39, 0.29) is 5.28 Å². The van der Waals surface area contributed by atoms with Crippen LogP contribution < -0.4 is 5.32 Å². The minimum Gasteiger partial charge on any atom is -0.363 e. The highest BCUT2D eigenvalue weighted by Crippen LogP contribution is 2.40. The van der Waals surface area contributed by atoms with E-state index < -0.39 is 0 Å². The molecule has 4 rings (SSSR count). The van der Waals surface area contributed by atoms with E-state index >= 15 is 0 Å². The molecule has 0 atom stereocenters. The summed E-state index contributed by atoms with van der Waals surface area (Å²) in [5.74, 6) is 7.55. The van der Waals surface area contributed by atoms with Crippen molar-refractivity contribution < 1.29 is 0 Å². The van der Waals surface area contributed by atoms with Crippen molar-refractivity contribution in [1.82, 2.24) is 14.6 Å². The summed E-state index contributed by atoms with van der Waals surface area (Å²) in [5.41, 5.74) is 3.16. The third-order valence-corrected chi connectivity index (χ3v) is 5.47. The molecule has 3 aromatic heterocycles. The van der Waals surface area contributed by atoms with Crippen LogP contribution in [0.3, 0.4) is 0 Å². The molecule has 1 aliphatic rings. The number of hydrogen-bond acceptors (Lipinski definition) is 4. The van der Waals surface area contributed by atoms with Gasteiger partial charge in [-0.1, -0.05) is 18.4 Å². The van der Waals surface area contributed by atoms with Gasteiger partial charge in [0.2, 0.25) is 5.28 Å². The molecule has 3 aromatic rings. The summed E-state index contributed by atoms with van der Waals surface area (Å²) in [4.78, 5) is 5.65. The Labute approximate surface area is 149 Å². The van der Waals surface area contributed by atoms with Gasteiger partial charge in [-0.2, -0.15) is 4.98 Å². The molecule has 0 aromatic carbocycles. The maximum Gasteiger partial charge on any atom is 0.243 e. The van der Waals surface area contributed by atoms with Gasteiger partial charge in [0, 0.05) is 4.88 Å². The van der Waals surface area contributed by atoms with Crippen molar-refractivity contribution in [2.45, 2.75) is 38.6 Å². The third kappa shape index (κ3) is 2.77. The first-order chi connectivity index (χ1) is 11.8. The molecule has 0 saturated heterocycles. The SMILES string of the molecule is CC#Cc1c(C2CCC2)cc2c(NCc3cccs3)nc(Cl)nn12. The Hall–Kier alpha value is -2.03.